The smallest absolute Gasteiger partial charge is 0.209 e. The second-order valence-electron chi connectivity index (χ2n) is 12.6. The van der Waals surface area contributed by atoms with E-state index >= 15 is 4.39 Å². The van der Waals surface area contributed by atoms with Crippen LogP contribution in [0.4, 0.5) is 23.9 Å². The third-order valence-electron chi connectivity index (χ3n) is 9.95. The highest BCUT2D eigenvalue weighted by Crippen LogP contribution is 2.52. The number of hydrogen-bond acceptors (Lipinski definition) is 10. The van der Waals surface area contributed by atoms with Crippen molar-refractivity contribution in [3.8, 4) is 22.9 Å². The molecule has 1 aromatic heterocycles. The Kier molecular flexibility index (Phi) is 6.84. The zero-order valence-electron chi connectivity index (χ0n) is 24.7. The molecule has 15 heteroatoms. The number of nitrogen functional groups attached to an aromatic ring is 1. The first-order chi connectivity index (χ1) is 22.1. The summed E-state index contributed by atoms with van der Waals surface area (Å²) in [5.41, 5.74) is 6.02. The predicted molar refractivity (Wildman–Crippen MR) is 168 cm³/mol. The molecule has 0 spiro atoms. The van der Waals surface area contributed by atoms with Gasteiger partial charge in [-0.05, 0) is 31.0 Å². The van der Waals surface area contributed by atoms with E-state index in [1.807, 2.05) is 6.07 Å². The first kappa shape index (κ1) is 29.6. The van der Waals surface area contributed by atoms with Crippen molar-refractivity contribution < 1.29 is 27.4 Å². The molecule has 5 aliphatic heterocycles. The van der Waals surface area contributed by atoms with Gasteiger partial charge < -0.3 is 30.3 Å². The van der Waals surface area contributed by atoms with Crippen molar-refractivity contribution in [1.29, 1.82) is 5.26 Å². The number of nitrogens with one attached hydrogen (secondary N) is 1. The molecule has 46 heavy (non-hydrogen) atoms. The number of fused-ring (bicyclic) bond motifs is 3. The number of halogens is 4. The number of aliphatic imine (C=N–C) groups is 1. The number of rotatable bonds is 5. The monoisotopic (exact) mass is 671 g/mol. The summed E-state index contributed by atoms with van der Waals surface area (Å²) in [6, 6.07) is 4.10. The number of ether oxygens (including phenoxy) is 2. The lowest BCUT2D eigenvalue weighted by molar-refractivity contribution is -0.117. The third kappa shape index (κ3) is 4.21. The average molecular weight is 672 g/mol. The summed E-state index contributed by atoms with van der Waals surface area (Å²) in [5, 5.41) is 13.3. The Morgan fingerprint density at radius 1 is 1.33 bits per heavy atom. The number of benzene rings is 2. The second kappa shape index (κ2) is 10.6. The quantitative estimate of drug-likeness (QED) is 0.380. The van der Waals surface area contributed by atoms with Crippen LogP contribution in [0, 0.1) is 23.0 Å². The Labute approximate surface area is 271 Å². The van der Waals surface area contributed by atoms with Gasteiger partial charge in [-0.1, -0.05) is 17.7 Å². The van der Waals surface area contributed by atoms with Gasteiger partial charge in [0.2, 0.25) is 12.8 Å². The summed E-state index contributed by atoms with van der Waals surface area (Å²) in [6.45, 7) is 1.90. The summed E-state index contributed by atoms with van der Waals surface area (Å²) in [7, 11) is 1.75. The van der Waals surface area contributed by atoms with Crippen LogP contribution in [0.1, 0.15) is 30.4 Å². The normalized spacial score (nSPS) is 28.2. The summed E-state index contributed by atoms with van der Waals surface area (Å²) >= 11 is 7.94. The van der Waals surface area contributed by atoms with E-state index in [2.05, 4.69) is 10.2 Å². The van der Waals surface area contributed by atoms with Gasteiger partial charge >= 0.3 is 0 Å². The van der Waals surface area contributed by atoms with Gasteiger partial charge in [0.1, 0.15) is 41.0 Å². The summed E-state index contributed by atoms with van der Waals surface area (Å²) < 4.78 is 59.6. The largest absolute Gasteiger partial charge is 0.484 e. The van der Waals surface area contributed by atoms with Gasteiger partial charge in [-0.3, -0.25) is 14.7 Å². The Balaban J connectivity index is 1.29. The Morgan fingerprint density at radius 3 is 2.93 bits per heavy atom. The maximum Gasteiger partial charge on any atom is 0.209 e. The first-order valence-corrected chi connectivity index (χ1v) is 16.2. The van der Waals surface area contributed by atoms with Crippen LogP contribution in [-0.4, -0.2) is 97.0 Å². The zero-order chi connectivity index (χ0) is 32.1. The molecule has 3 N–H and O–H groups in total. The van der Waals surface area contributed by atoms with Crippen molar-refractivity contribution in [2.24, 2.45) is 4.99 Å². The van der Waals surface area contributed by atoms with Gasteiger partial charge in [0.15, 0.2) is 11.6 Å². The Bertz CT molecular complexity index is 1880. The molecule has 5 aliphatic rings. The van der Waals surface area contributed by atoms with E-state index in [0.717, 1.165) is 37.1 Å². The highest BCUT2D eigenvalue weighted by molar-refractivity contribution is 7.23. The van der Waals surface area contributed by atoms with E-state index in [1.165, 1.54) is 12.1 Å². The molecule has 6 heterocycles. The van der Waals surface area contributed by atoms with Crippen molar-refractivity contribution in [2.45, 2.75) is 49.5 Å². The number of anilines is 2. The van der Waals surface area contributed by atoms with Crippen LogP contribution in [0.2, 0.25) is 5.02 Å². The predicted octanol–water partition coefficient (Wildman–Crippen LogP) is 4.54. The van der Waals surface area contributed by atoms with Crippen molar-refractivity contribution in [2.75, 3.05) is 50.9 Å². The highest BCUT2D eigenvalue weighted by Gasteiger charge is 2.50. The van der Waals surface area contributed by atoms with Gasteiger partial charge in [0.25, 0.3) is 0 Å². The highest BCUT2D eigenvalue weighted by atomic mass is 35.5. The minimum Gasteiger partial charge on any atom is -0.484 e. The van der Waals surface area contributed by atoms with E-state index in [-0.39, 0.29) is 73.5 Å². The number of hydrogen-bond donors (Lipinski definition) is 2. The molecule has 2 unspecified atom stereocenters. The zero-order valence-corrected chi connectivity index (χ0v) is 26.2. The number of carbonyl (C=O) groups excluding carboxylic acids is 1. The van der Waals surface area contributed by atoms with Gasteiger partial charge in [-0.15, -0.1) is 11.3 Å². The van der Waals surface area contributed by atoms with Crippen LogP contribution < -0.4 is 15.8 Å². The van der Waals surface area contributed by atoms with E-state index < -0.39 is 41.8 Å². The number of alkyl halides is 1. The topological polar surface area (TPSA) is 119 Å². The molecule has 0 saturated carbocycles. The lowest BCUT2D eigenvalue weighted by atomic mass is 9.94. The van der Waals surface area contributed by atoms with Gasteiger partial charge in [-0.2, -0.15) is 5.26 Å². The minimum absolute atomic E-state index is 0.0122. The van der Waals surface area contributed by atoms with Crippen molar-refractivity contribution in [1.82, 2.24) is 14.7 Å². The molecule has 0 radical (unpaired) electrons. The van der Waals surface area contributed by atoms with Gasteiger partial charge in [0.05, 0.1) is 39.7 Å². The molecule has 3 aromatic rings. The SMILES string of the molecule is CN1C2=N[C@H]3CN(C=O)CC3Oc3c(Cl)c(-c4ccc(F)c5sc(N)c(C#N)c45)c(F)c(c32)NC1OC[C@@]12CCCN1C[C@H](F)C2. The van der Waals surface area contributed by atoms with Gasteiger partial charge in [0, 0.05) is 43.0 Å². The van der Waals surface area contributed by atoms with Crippen LogP contribution in [0.15, 0.2) is 17.1 Å². The third-order valence-corrected chi connectivity index (χ3v) is 11.3. The summed E-state index contributed by atoms with van der Waals surface area (Å²) in [6.07, 6.45) is 0.406. The van der Waals surface area contributed by atoms with Crippen LogP contribution in [0.3, 0.4) is 0 Å². The lowest BCUT2D eigenvalue weighted by Crippen LogP contribution is -2.52. The minimum atomic E-state index is -0.938. The van der Waals surface area contributed by atoms with Crippen LogP contribution >= 0.6 is 22.9 Å². The fraction of sp³-hybridized carbons (Fsp3) is 0.452. The molecule has 2 aromatic carbocycles. The molecule has 1 amide bonds. The first-order valence-electron chi connectivity index (χ1n) is 15.0. The standard InChI is InChI=1S/C31H29ClF3N7O3S/c1-40-29-22-25(39-30(40)44-12-31-5-2-6-42(31)9-14(33)7-31)24(35)21(15-3-4-17(34)27-20(15)16(8-36)28(37)46-27)23(32)26(22)45-19-11-41(13-43)10-18(19)38-29/h3-4,13-14,18-19,30,39H,2,5-7,9-12,37H2,1H3/t14-,18+,19?,30?,31+/m1/s1. The molecule has 8 rings (SSSR count). The van der Waals surface area contributed by atoms with E-state index in [0.29, 0.717) is 18.8 Å². The maximum absolute atomic E-state index is 17.1. The Hall–Kier alpha value is -3.77. The number of nitrogens with zero attached hydrogens (tertiary/aromatic N) is 5. The van der Waals surface area contributed by atoms with E-state index in [9.17, 15) is 18.8 Å². The van der Waals surface area contributed by atoms with Crippen LogP contribution in [0.5, 0.6) is 5.75 Å². The lowest BCUT2D eigenvalue weighted by Gasteiger charge is -2.40. The summed E-state index contributed by atoms with van der Waals surface area (Å²) in [4.78, 5) is 22.1. The van der Waals surface area contributed by atoms with Crippen LogP contribution in [-0.2, 0) is 9.53 Å². The molecular weight excluding hydrogens is 643 g/mol. The fourth-order valence-electron chi connectivity index (χ4n) is 7.79. The number of likely N-dealkylation sites (tertiary alicyclic amines) is 1. The molecule has 0 bridgehead atoms. The average Bonchev–Trinajstić information content (AvgIpc) is 3.75. The number of amides is 1. The molecule has 10 nitrogen and oxygen atoms in total. The van der Waals surface area contributed by atoms with E-state index in [4.69, 9.17) is 31.8 Å². The molecule has 5 atom stereocenters. The molecule has 3 saturated heterocycles. The van der Waals surface area contributed by atoms with Crippen molar-refractivity contribution >= 4 is 56.0 Å². The number of amidine groups is 1. The fourth-order valence-corrected chi connectivity index (χ4v) is 9.06. The van der Waals surface area contributed by atoms with Gasteiger partial charge in [-0.25, -0.2) is 13.2 Å². The van der Waals surface area contributed by atoms with E-state index in [1.54, 1.807) is 16.8 Å². The number of nitrogens with two attached hydrogens (primary N) is 1. The molecule has 0 aliphatic carbocycles. The van der Waals surface area contributed by atoms with Crippen molar-refractivity contribution in [3.05, 3.63) is 39.9 Å². The molecule has 240 valence electrons. The number of thiophene rings is 1. The molecule has 3 fully saturated rings. The molecular formula is C31H29ClF3N7O3S. The number of nitriles is 1. The van der Waals surface area contributed by atoms with Crippen molar-refractivity contribution in [3.63, 3.8) is 0 Å². The number of carbonyl (C=O) groups is 1. The maximum atomic E-state index is 17.1. The summed E-state index contributed by atoms with van der Waals surface area (Å²) in [5.74, 6) is -0.872. The Morgan fingerprint density at radius 2 is 2.15 bits per heavy atom. The van der Waals surface area contributed by atoms with Crippen LogP contribution in [0.25, 0.3) is 21.2 Å². The second-order valence-corrected chi connectivity index (χ2v) is 14.0.